The number of imidazole rings is 1. The second kappa shape index (κ2) is 6.89. The first-order valence-corrected chi connectivity index (χ1v) is 8.78. The molecule has 0 saturated heterocycles. The van der Waals surface area contributed by atoms with Crippen molar-refractivity contribution in [1.82, 2.24) is 19.4 Å². The average molecular weight is 332 g/mol. The Bertz CT molecular complexity index is 968. The predicted octanol–water partition coefficient (Wildman–Crippen LogP) is 3.33. The van der Waals surface area contributed by atoms with Gasteiger partial charge >= 0.3 is 0 Å². The van der Waals surface area contributed by atoms with E-state index in [4.69, 9.17) is 0 Å². The van der Waals surface area contributed by atoms with Gasteiger partial charge in [0.15, 0.2) is 16.9 Å². The van der Waals surface area contributed by atoms with Gasteiger partial charge in [0, 0.05) is 0 Å². The summed E-state index contributed by atoms with van der Waals surface area (Å²) in [6.07, 6.45) is 8.73. The van der Waals surface area contributed by atoms with Crippen molar-refractivity contribution < 1.29 is 4.57 Å². The molecule has 0 aliphatic rings. The molecule has 3 heterocycles. The summed E-state index contributed by atoms with van der Waals surface area (Å²) in [5.41, 5.74) is 4.34. The Labute approximate surface area is 147 Å². The third-order valence-electron chi connectivity index (χ3n) is 4.38. The molecule has 0 saturated carbocycles. The summed E-state index contributed by atoms with van der Waals surface area (Å²) in [6, 6.07) is 16.6. The van der Waals surface area contributed by atoms with Gasteiger partial charge in [-0.15, -0.1) is 5.10 Å². The van der Waals surface area contributed by atoms with Gasteiger partial charge in [-0.1, -0.05) is 55.0 Å². The van der Waals surface area contributed by atoms with Crippen LogP contribution in [0.5, 0.6) is 0 Å². The summed E-state index contributed by atoms with van der Waals surface area (Å²) in [4.78, 5) is 0. The van der Waals surface area contributed by atoms with E-state index in [2.05, 4.69) is 69.1 Å². The molecule has 0 aliphatic carbocycles. The molecule has 0 radical (unpaired) electrons. The van der Waals surface area contributed by atoms with Crippen molar-refractivity contribution >= 4 is 5.52 Å². The summed E-state index contributed by atoms with van der Waals surface area (Å²) in [6.45, 7) is 3.98. The number of aromatic nitrogens is 5. The van der Waals surface area contributed by atoms with Gasteiger partial charge in [-0.3, -0.25) is 0 Å². The van der Waals surface area contributed by atoms with E-state index in [0.29, 0.717) is 0 Å². The van der Waals surface area contributed by atoms with Crippen LogP contribution in [0.15, 0.2) is 67.3 Å². The highest BCUT2D eigenvalue weighted by atomic mass is 15.4. The van der Waals surface area contributed by atoms with Gasteiger partial charge < -0.3 is 0 Å². The Hall–Kier alpha value is -2.95. The minimum atomic E-state index is 0.728. The molecule has 126 valence electrons. The fourth-order valence-corrected chi connectivity index (χ4v) is 3.06. The zero-order valence-corrected chi connectivity index (χ0v) is 14.4. The fraction of sp³-hybridized carbons (Fsp3) is 0.250. The molecule has 3 aromatic heterocycles. The summed E-state index contributed by atoms with van der Waals surface area (Å²) < 4.78 is 6.32. The van der Waals surface area contributed by atoms with E-state index in [9.17, 15) is 0 Å². The van der Waals surface area contributed by atoms with Gasteiger partial charge in [0.05, 0.1) is 19.3 Å². The highest BCUT2D eigenvalue weighted by Crippen LogP contribution is 2.18. The lowest BCUT2D eigenvalue weighted by atomic mass is 10.2. The second-order valence-corrected chi connectivity index (χ2v) is 6.33. The van der Waals surface area contributed by atoms with Crippen molar-refractivity contribution in [3.63, 3.8) is 0 Å². The van der Waals surface area contributed by atoms with Crippen LogP contribution in [0.4, 0.5) is 0 Å². The largest absolute Gasteiger partial charge is 0.249 e. The third kappa shape index (κ3) is 3.31. The number of rotatable bonds is 6. The van der Waals surface area contributed by atoms with Crippen molar-refractivity contribution in [2.75, 3.05) is 0 Å². The molecule has 0 spiro atoms. The third-order valence-corrected chi connectivity index (χ3v) is 4.38. The van der Waals surface area contributed by atoms with Gasteiger partial charge in [-0.2, -0.15) is 4.40 Å². The van der Waals surface area contributed by atoms with Gasteiger partial charge in [0.1, 0.15) is 6.20 Å². The van der Waals surface area contributed by atoms with Crippen LogP contribution in [-0.4, -0.2) is 19.4 Å². The number of benzene rings is 1. The Balaban J connectivity index is 1.64. The number of aryl methyl sites for hydroxylation is 1. The van der Waals surface area contributed by atoms with Crippen LogP contribution in [0.25, 0.3) is 16.9 Å². The van der Waals surface area contributed by atoms with E-state index in [1.54, 1.807) is 0 Å². The molecular weight excluding hydrogens is 310 g/mol. The molecule has 0 bridgehead atoms. The van der Waals surface area contributed by atoms with E-state index in [0.717, 1.165) is 24.5 Å². The van der Waals surface area contributed by atoms with Gasteiger partial charge in [-0.25, -0.2) is 9.25 Å². The Morgan fingerprint density at radius 3 is 2.76 bits per heavy atom. The summed E-state index contributed by atoms with van der Waals surface area (Å²) in [7, 11) is 0. The SMILES string of the molecule is CCCC[n+]1cc2cccc(-c3cn(Cc4ccccc4)nn3)n2c1. The molecule has 0 fully saturated rings. The molecule has 4 aromatic rings. The number of nitrogens with zero attached hydrogens (tertiary/aromatic N) is 5. The maximum atomic E-state index is 4.39. The van der Waals surface area contributed by atoms with Gasteiger partial charge in [-0.05, 0) is 24.1 Å². The van der Waals surface area contributed by atoms with Crippen molar-refractivity contribution in [3.8, 4) is 11.4 Å². The Morgan fingerprint density at radius 1 is 1.04 bits per heavy atom. The van der Waals surface area contributed by atoms with Gasteiger partial charge in [0.2, 0.25) is 6.33 Å². The van der Waals surface area contributed by atoms with Crippen LogP contribution in [-0.2, 0) is 13.1 Å². The van der Waals surface area contributed by atoms with Crippen molar-refractivity contribution in [2.24, 2.45) is 0 Å². The Morgan fingerprint density at radius 2 is 1.92 bits per heavy atom. The Kier molecular flexibility index (Phi) is 4.29. The minimum absolute atomic E-state index is 0.728. The number of hydrogen-bond acceptors (Lipinski definition) is 2. The fourth-order valence-electron chi connectivity index (χ4n) is 3.06. The van der Waals surface area contributed by atoms with Crippen molar-refractivity contribution in [2.45, 2.75) is 32.9 Å². The first kappa shape index (κ1) is 15.6. The van der Waals surface area contributed by atoms with Crippen molar-refractivity contribution in [1.29, 1.82) is 0 Å². The zero-order valence-electron chi connectivity index (χ0n) is 14.4. The molecule has 5 heteroatoms. The zero-order chi connectivity index (χ0) is 17.1. The van der Waals surface area contributed by atoms with Crippen LogP contribution >= 0.6 is 0 Å². The molecular formula is C20H22N5+. The average Bonchev–Trinajstić information content (AvgIpc) is 3.27. The van der Waals surface area contributed by atoms with E-state index in [1.807, 2.05) is 29.1 Å². The van der Waals surface area contributed by atoms with E-state index >= 15 is 0 Å². The number of hydrogen-bond donors (Lipinski definition) is 0. The molecule has 0 N–H and O–H groups in total. The monoisotopic (exact) mass is 332 g/mol. The lowest BCUT2D eigenvalue weighted by molar-refractivity contribution is -0.695. The minimum Gasteiger partial charge on any atom is -0.247 e. The highest BCUT2D eigenvalue weighted by molar-refractivity contribution is 5.59. The van der Waals surface area contributed by atoms with Crippen molar-refractivity contribution in [3.05, 3.63) is 72.8 Å². The van der Waals surface area contributed by atoms with Crippen LogP contribution < -0.4 is 4.57 Å². The normalized spacial score (nSPS) is 11.2. The second-order valence-electron chi connectivity index (χ2n) is 6.33. The molecule has 0 unspecified atom stereocenters. The topological polar surface area (TPSA) is 39.0 Å². The first-order valence-electron chi connectivity index (χ1n) is 8.78. The van der Waals surface area contributed by atoms with E-state index < -0.39 is 0 Å². The molecule has 0 amide bonds. The molecule has 25 heavy (non-hydrogen) atoms. The molecule has 0 atom stereocenters. The van der Waals surface area contributed by atoms with Crippen LogP contribution in [0.3, 0.4) is 0 Å². The summed E-state index contributed by atoms with van der Waals surface area (Å²) >= 11 is 0. The van der Waals surface area contributed by atoms with Crippen LogP contribution in [0, 0.1) is 0 Å². The molecule has 4 rings (SSSR count). The number of unbranched alkanes of at least 4 members (excludes halogenated alkanes) is 1. The number of pyridine rings is 1. The van der Waals surface area contributed by atoms with Crippen LogP contribution in [0.1, 0.15) is 25.3 Å². The lowest BCUT2D eigenvalue weighted by Crippen LogP contribution is -2.30. The molecule has 5 nitrogen and oxygen atoms in total. The molecule has 0 aliphatic heterocycles. The maximum Gasteiger partial charge on any atom is 0.249 e. The van der Waals surface area contributed by atoms with Gasteiger partial charge in [0.25, 0.3) is 0 Å². The molecule has 1 aromatic carbocycles. The van der Waals surface area contributed by atoms with E-state index in [1.165, 1.54) is 23.9 Å². The smallest absolute Gasteiger partial charge is 0.247 e. The van der Waals surface area contributed by atoms with Crippen LogP contribution in [0.2, 0.25) is 0 Å². The lowest BCUT2D eigenvalue weighted by Gasteiger charge is -1.99. The quantitative estimate of drug-likeness (QED) is 0.508. The first-order chi connectivity index (χ1) is 12.3. The predicted molar refractivity (Wildman–Crippen MR) is 97.1 cm³/mol. The standard InChI is InChI=1S/C20H22N5/c1-2-3-12-23-14-18-10-7-11-20(25(18)16-23)19-15-24(22-21-19)13-17-8-5-4-6-9-17/h4-11,14-16H,2-3,12-13H2,1H3/q+1. The maximum absolute atomic E-state index is 4.39. The number of fused-ring (bicyclic) bond motifs is 1. The van der Waals surface area contributed by atoms with E-state index in [-0.39, 0.29) is 0 Å². The highest BCUT2D eigenvalue weighted by Gasteiger charge is 2.15. The summed E-state index contributed by atoms with van der Waals surface area (Å²) in [5, 5.41) is 8.68. The summed E-state index contributed by atoms with van der Waals surface area (Å²) in [5.74, 6) is 0.